The Morgan fingerprint density at radius 2 is 1.87 bits per heavy atom. The summed E-state index contributed by atoms with van der Waals surface area (Å²) in [6.45, 7) is 5.99. The van der Waals surface area contributed by atoms with E-state index in [4.69, 9.17) is 14.5 Å². The number of fused-ring (bicyclic) bond motifs is 1. The lowest BCUT2D eigenvalue weighted by molar-refractivity contribution is 0.0751. The lowest BCUT2D eigenvalue weighted by atomic mass is 10.1. The number of aromatic nitrogens is 4. The lowest BCUT2D eigenvalue weighted by Crippen LogP contribution is -2.49. The minimum absolute atomic E-state index is 0.146. The molecule has 0 saturated carbocycles. The molecule has 0 N–H and O–H groups in total. The fourth-order valence-electron chi connectivity index (χ4n) is 3.35. The topological polar surface area (TPSA) is 85.1 Å². The van der Waals surface area contributed by atoms with Crippen LogP contribution < -0.4 is 9.64 Å². The van der Waals surface area contributed by atoms with Gasteiger partial charge in [0.15, 0.2) is 5.65 Å². The molecular formula is C20H23FN6O3. The van der Waals surface area contributed by atoms with Gasteiger partial charge in [-0.1, -0.05) is 0 Å². The number of pyridine rings is 1. The van der Waals surface area contributed by atoms with Crippen molar-refractivity contribution in [3.05, 3.63) is 36.5 Å². The minimum Gasteiger partial charge on any atom is -0.481 e. The average Bonchev–Trinajstić information content (AvgIpc) is 3.16. The van der Waals surface area contributed by atoms with Gasteiger partial charge in [0.05, 0.1) is 25.0 Å². The Hall–Kier alpha value is -3.43. The summed E-state index contributed by atoms with van der Waals surface area (Å²) in [5, 5.41) is 4.27. The van der Waals surface area contributed by atoms with Crippen molar-refractivity contribution in [3.63, 3.8) is 0 Å². The van der Waals surface area contributed by atoms with Crippen molar-refractivity contribution >= 4 is 17.6 Å². The van der Waals surface area contributed by atoms with E-state index < -0.39 is 5.95 Å². The third kappa shape index (κ3) is 3.85. The Labute approximate surface area is 173 Å². The van der Waals surface area contributed by atoms with Crippen LogP contribution in [0.25, 0.3) is 16.8 Å². The van der Waals surface area contributed by atoms with Gasteiger partial charge in [-0.25, -0.2) is 14.3 Å². The Morgan fingerprint density at radius 1 is 1.10 bits per heavy atom. The zero-order chi connectivity index (χ0) is 21.3. The highest BCUT2D eigenvalue weighted by Crippen LogP contribution is 2.28. The molecule has 4 rings (SSSR count). The van der Waals surface area contributed by atoms with E-state index in [1.54, 1.807) is 33.9 Å². The SMILES string of the molecule is COc1ccc(-c2cnn3ccc(N4CCN(C(=O)OC(C)C)CC4)nc23)c(F)n1. The molecule has 0 bridgehead atoms. The Kier molecular flexibility index (Phi) is 5.39. The van der Waals surface area contributed by atoms with Gasteiger partial charge in [0.1, 0.15) is 5.82 Å². The molecule has 0 radical (unpaired) electrons. The summed E-state index contributed by atoms with van der Waals surface area (Å²) in [4.78, 5) is 24.4. The van der Waals surface area contributed by atoms with Gasteiger partial charge in [-0.3, -0.25) is 0 Å². The molecule has 30 heavy (non-hydrogen) atoms. The highest BCUT2D eigenvalue weighted by Gasteiger charge is 2.24. The molecule has 0 unspecified atom stereocenters. The standard InChI is InChI=1S/C20H23FN6O3/c1-13(2)30-20(28)26-10-8-25(9-11-26)16-6-7-27-19(23-16)15(12-22-27)14-4-5-17(29-3)24-18(14)21/h4-7,12-13H,8-11H2,1-3H3. The van der Waals surface area contributed by atoms with Crippen molar-refractivity contribution in [1.29, 1.82) is 0 Å². The van der Waals surface area contributed by atoms with Gasteiger partial charge in [-0.2, -0.15) is 14.5 Å². The molecule has 1 saturated heterocycles. The molecule has 10 heteroatoms. The summed E-state index contributed by atoms with van der Waals surface area (Å²) in [6, 6.07) is 5.06. The van der Waals surface area contributed by atoms with Gasteiger partial charge in [0.25, 0.3) is 0 Å². The number of hydrogen-bond donors (Lipinski definition) is 0. The second kappa shape index (κ2) is 8.13. The molecule has 4 heterocycles. The zero-order valence-electron chi connectivity index (χ0n) is 17.1. The first-order valence-corrected chi connectivity index (χ1v) is 9.72. The smallest absolute Gasteiger partial charge is 0.410 e. The minimum atomic E-state index is -0.645. The third-order valence-electron chi connectivity index (χ3n) is 4.88. The molecule has 0 atom stereocenters. The van der Waals surface area contributed by atoms with Crippen LogP contribution in [0, 0.1) is 5.95 Å². The quantitative estimate of drug-likeness (QED) is 0.607. The molecule has 0 aromatic carbocycles. The second-order valence-electron chi connectivity index (χ2n) is 7.21. The van der Waals surface area contributed by atoms with Gasteiger partial charge >= 0.3 is 6.09 Å². The highest BCUT2D eigenvalue weighted by atomic mass is 19.1. The number of rotatable bonds is 4. The van der Waals surface area contributed by atoms with E-state index in [1.165, 1.54) is 7.11 Å². The van der Waals surface area contributed by atoms with Gasteiger partial charge in [0, 0.05) is 44.0 Å². The van der Waals surface area contributed by atoms with Gasteiger partial charge < -0.3 is 19.3 Å². The number of carbonyl (C=O) groups excluding carboxylic acids is 1. The van der Waals surface area contributed by atoms with Gasteiger partial charge in [-0.05, 0) is 26.0 Å². The largest absolute Gasteiger partial charge is 0.481 e. The van der Waals surface area contributed by atoms with E-state index >= 15 is 0 Å². The van der Waals surface area contributed by atoms with E-state index in [2.05, 4.69) is 15.0 Å². The van der Waals surface area contributed by atoms with Crippen LogP contribution >= 0.6 is 0 Å². The van der Waals surface area contributed by atoms with Crippen LogP contribution in [0.5, 0.6) is 5.88 Å². The molecule has 1 amide bonds. The van der Waals surface area contributed by atoms with Crippen molar-refractivity contribution in [2.24, 2.45) is 0 Å². The summed E-state index contributed by atoms with van der Waals surface area (Å²) in [5.74, 6) is 0.298. The molecule has 1 aliphatic rings. The first kappa shape index (κ1) is 19.9. The lowest BCUT2D eigenvalue weighted by Gasteiger charge is -2.35. The molecule has 9 nitrogen and oxygen atoms in total. The normalized spacial score (nSPS) is 14.4. The van der Waals surface area contributed by atoms with E-state index in [0.717, 1.165) is 5.82 Å². The molecule has 0 spiro atoms. The van der Waals surface area contributed by atoms with Crippen LogP contribution in [0.3, 0.4) is 0 Å². The average molecular weight is 414 g/mol. The molecule has 3 aromatic heterocycles. The number of halogens is 1. The molecule has 1 aliphatic heterocycles. The van der Waals surface area contributed by atoms with Crippen molar-refractivity contribution in [2.45, 2.75) is 20.0 Å². The van der Waals surface area contributed by atoms with Crippen LogP contribution in [0.1, 0.15) is 13.8 Å². The van der Waals surface area contributed by atoms with Crippen molar-refractivity contribution < 1.29 is 18.7 Å². The zero-order valence-corrected chi connectivity index (χ0v) is 17.1. The number of ether oxygens (including phenoxy) is 2. The van der Waals surface area contributed by atoms with Crippen molar-refractivity contribution in [1.82, 2.24) is 24.5 Å². The second-order valence-corrected chi connectivity index (χ2v) is 7.21. The summed E-state index contributed by atoms with van der Waals surface area (Å²) in [6.07, 6.45) is 2.91. The number of hydrogen-bond acceptors (Lipinski definition) is 7. The number of piperazine rings is 1. The van der Waals surface area contributed by atoms with E-state index in [9.17, 15) is 9.18 Å². The summed E-state index contributed by atoms with van der Waals surface area (Å²) < 4.78 is 26.3. The predicted molar refractivity (Wildman–Crippen MR) is 108 cm³/mol. The number of nitrogens with zero attached hydrogens (tertiary/aromatic N) is 6. The maximum absolute atomic E-state index is 14.5. The molecule has 0 aliphatic carbocycles. The van der Waals surface area contributed by atoms with Crippen LogP contribution in [0.4, 0.5) is 15.0 Å². The van der Waals surface area contributed by atoms with Crippen LogP contribution in [-0.2, 0) is 4.74 Å². The highest BCUT2D eigenvalue weighted by molar-refractivity contribution is 5.77. The Morgan fingerprint density at radius 3 is 2.53 bits per heavy atom. The Bertz CT molecular complexity index is 1060. The van der Waals surface area contributed by atoms with Crippen LogP contribution in [0.2, 0.25) is 0 Å². The third-order valence-corrected chi connectivity index (χ3v) is 4.88. The van der Waals surface area contributed by atoms with Gasteiger partial charge in [0.2, 0.25) is 11.8 Å². The van der Waals surface area contributed by atoms with Crippen LogP contribution in [-0.4, -0.2) is 70.0 Å². The van der Waals surface area contributed by atoms with Gasteiger partial charge in [-0.15, -0.1) is 0 Å². The predicted octanol–water partition coefficient (Wildman–Crippen LogP) is 2.61. The summed E-state index contributed by atoms with van der Waals surface area (Å²) >= 11 is 0. The van der Waals surface area contributed by atoms with Crippen molar-refractivity contribution in [2.75, 3.05) is 38.2 Å². The summed E-state index contributed by atoms with van der Waals surface area (Å²) in [5.41, 5.74) is 1.38. The number of amides is 1. The molecule has 3 aromatic rings. The van der Waals surface area contributed by atoms with E-state index in [0.29, 0.717) is 43.0 Å². The van der Waals surface area contributed by atoms with Crippen LogP contribution in [0.15, 0.2) is 30.6 Å². The van der Waals surface area contributed by atoms with E-state index in [-0.39, 0.29) is 18.1 Å². The van der Waals surface area contributed by atoms with E-state index in [1.807, 2.05) is 19.9 Å². The number of anilines is 1. The molecule has 158 valence electrons. The number of methoxy groups -OCH3 is 1. The molecule has 1 fully saturated rings. The maximum Gasteiger partial charge on any atom is 0.410 e. The fraction of sp³-hybridized carbons (Fsp3) is 0.400. The summed E-state index contributed by atoms with van der Waals surface area (Å²) in [7, 11) is 1.44. The molecular weight excluding hydrogens is 391 g/mol. The first-order valence-electron chi connectivity index (χ1n) is 9.72. The monoisotopic (exact) mass is 414 g/mol. The van der Waals surface area contributed by atoms with Crippen molar-refractivity contribution in [3.8, 4) is 17.0 Å². The number of carbonyl (C=O) groups is 1. The maximum atomic E-state index is 14.5. The Balaban J connectivity index is 1.56. The first-order chi connectivity index (χ1) is 14.5. The fourth-order valence-corrected chi connectivity index (χ4v) is 3.35.